The fraction of sp³-hybridized carbons (Fsp3) is 0.700. The monoisotopic (exact) mass is 332 g/mol. The lowest BCUT2D eigenvalue weighted by molar-refractivity contribution is -0.0828. The van der Waals surface area contributed by atoms with Crippen LogP contribution in [0.15, 0.2) is 24.3 Å². The van der Waals surface area contributed by atoms with Crippen LogP contribution in [0.1, 0.15) is 45.2 Å². The van der Waals surface area contributed by atoms with Crippen LogP contribution in [0.25, 0.3) is 0 Å². The molecule has 2 fully saturated rings. The molecule has 4 heteroatoms. The number of methoxy groups -OCH3 is 1. The number of nitrogens with zero attached hydrogens (tertiary/aromatic N) is 1. The maximum Gasteiger partial charge on any atom is 0.123 e. The van der Waals surface area contributed by atoms with Gasteiger partial charge in [-0.25, -0.2) is 0 Å². The summed E-state index contributed by atoms with van der Waals surface area (Å²) < 4.78 is 5.48. The summed E-state index contributed by atoms with van der Waals surface area (Å²) in [7, 11) is 3.92. The zero-order valence-electron chi connectivity index (χ0n) is 15.6. The zero-order valence-corrected chi connectivity index (χ0v) is 15.6. The Hall–Kier alpha value is -1.10. The summed E-state index contributed by atoms with van der Waals surface area (Å²) in [5.41, 5.74) is 1.43. The van der Waals surface area contributed by atoms with E-state index < -0.39 is 0 Å². The Bertz CT molecular complexity index is 572. The SMILES string of the molecule is COc1ccccc1C(C)N[C@@H]1CC2(C[C@H]1O)CN(C)C2C(C)C. The molecule has 2 N–H and O–H groups in total. The first kappa shape index (κ1) is 17.7. The second-order valence-corrected chi connectivity index (χ2v) is 8.18. The van der Waals surface area contributed by atoms with Crippen molar-refractivity contribution in [2.75, 3.05) is 20.7 Å². The van der Waals surface area contributed by atoms with E-state index in [-0.39, 0.29) is 23.6 Å². The van der Waals surface area contributed by atoms with Crippen molar-refractivity contribution in [1.82, 2.24) is 10.2 Å². The number of benzene rings is 1. The second kappa shape index (κ2) is 6.66. The molecule has 0 aromatic heterocycles. The molecule has 1 aromatic carbocycles. The number of nitrogens with one attached hydrogen (secondary N) is 1. The molecule has 1 saturated carbocycles. The average Bonchev–Trinajstić information content (AvgIpc) is 2.83. The van der Waals surface area contributed by atoms with E-state index >= 15 is 0 Å². The van der Waals surface area contributed by atoms with E-state index in [9.17, 15) is 5.11 Å². The Morgan fingerprint density at radius 3 is 2.58 bits per heavy atom. The summed E-state index contributed by atoms with van der Waals surface area (Å²) in [5.74, 6) is 1.53. The molecule has 0 amide bonds. The Morgan fingerprint density at radius 1 is 1.25 bits per heavy atom. The highest BCUT2D eigenvalue weighted by Crippen LogP contribution is 2.52. The van der Waals surface area contributed by atoms with Crippen molar-refractivity contribution >= 4 is 0 Å². The maximum atomic E-state index is 10.7. The highest BCUT2D eigenvalue weighted by Gasteiger charge is 2.58. The van der Waals surface area contributed by atoms with Crippen LogP contribution >= 0.6 is 0 Å². The number of likely N-dealkylation sites (tertiary alicyclic amines) is 1. The summed E-state index contributed by atoms with van der Waals surface area (Å²) in [6.45, 7) is 7.86. The van der Waals surface area contributed by atoms with Crippen LogP contribution in [-0.2, 0) is 0 Å². The van der Waals surface area contributed by atoms with E-state index in [1.54, 1.807) is 7.11 Å². The highest BCUT2D eigenvalue weighted by molar-refractivity contribution is 5.35. The number of rotatable bonds is 5. The topological polar surface area (TPSA) is 44.7 Å². The van der Waals surface area contributed by atoms with E-state index in [0.29, 0.717) is 12.0 Å². The molecule has 134 valence electrons. The number of ether oxygens (including phenoxy) is 1. The first-order chi connectivity index (χ1) is 11.4. The Kier molecular flexibility index (Phi) is 4.92. The summed E-state index contributed by atoms with van der Waals surface area (Å²) in [4.78, 5) is 2.45. The molecule has 1 aliphatic carbocycles. The molecule has 2 aliphatic rings. The third kappa shape index (κ3) is 2.96. The molecule has 3 unspecified atom stereocenters. The molecule has 0 bridgehead atoms. The van der Waals surface area contributed by atoms with Gasteiger partial charge in [-0.1, -0.05) is 32.0 Å². The number of aliphatic hydroxyl groups excluding tert-OH is 1. The third-order valence-electron chi connectivity index (χ3n) is 6.07. The molecule has 0 radical (unpaired) electrons. The van der Waals surface area contributed by atoms with Gasteiger partial charge < -0.3 is 20.1 Å². The molecule has 1 heterocycles. The van der Waals surface area contributed by atoms with Crippen LogP contribution < -0.4 is 10.1 Å². The fourth-order valence-electron chi connectivity index (χ4n) is 5.45. The molecular weight excluding hydrogens is 300 g/mol. The van der Waals surface area contributed by atoms with Crippen LogP contribution in [0.4, 0.5) is 0 Å². The normalized spacial score (nSPS) is 34.5. The number of hydrogen-bond acceptors (Lipinski definition) is 4. The van der Waals surface area contributed by atoms with Crippen molar-refractivity contribution in [3.8, 4) is 5.75 Å². The van der Waals surface area contributed by atoms with Gasteiger partial charge in [0.1, 0.15) is 5.75 Å². The van der Waals surface area contributed by atoms with Crippen LogP contribution in [-0.4, -0.2) is 48.9 Å². The number of hydrogen-bond donors (Lipinski definition) is 2. The van der Waals surface area contributed by atoms with Crippen LogP contribution in [0.5, 0.6) is 5.75 Å². The standard InChI is InChI=1S/C20H32N2O2/c1-13(2)19-20(12-22(19)4)10-16(17(23)11-20)21-14(3)15-8-6-7-9-18(15)24-5/h6-9,13-14,16-17,19,21,23H,10-12H2,1-5H3/t14?,16-,17-,19?,20?/m1/s1. The van der Waals surface area contributed by atoms with Crippen molar-refractivity contribution < 1.29 is 9.84 Å². The average molecular weight is 332 g/mol. The summed E-state index contributed by atoms with van der Waals surface area (Å²) >= 11 is 0. The van der Waals surface area contributed by atoms with Crippen molar-refractivity contribution in [3.63, 3.8) is 0 Å². The number of para-hydroxylation sites is 1. The zero-order chi connectivity index (χ0) is 17.5. The van der Waals surface area contributed by atoms with Gasteiger partial charge in [0.15, 0.2) is 0 Å². The van der Waals surface area contributed by atoms with E-state index in [1.807, 2.05) is 18.2 Å². The van der Waals surface area contributed by atoms with Crippen molar-refractivity contribution in [2.45, 2.75) is 57.8 Å². The minimum atomic E-state index is -0.267. The van der Waals surface area contributed by atoms with E-state index in [2.05, 4.69) is 44.1 Å². The summed E-state index contributed by atoms with van der Waals surface area (Å²) in [5, 5.41) is 14.4. The minimum absolute atomic E-state index is 0.153. The van der Waals surface area contributed by atoms with Gasteiger partial charge in [0.05, 0.1) is 13.2 Å². The van der Waals surface area contributed by atoms with Gasteiger partial charge in [-0.05, 0) is 38.8 Å². The predicted octanol–water partition coefficient (Wildman–Crippen LogP) is 2.83. The van der Waals surface area contributed by atoms with E-state index in [4.69, 9.17) is 4.74 Å². The van der Waals surface area contributed by atoms with Crippen LogP contribution in [0.3, 0.4) is 0 Å². The van der Waals surface area contributed by atoms with Crippen LogP contribution in [0.2, 0.25) is 0 Å². The molecule has 1 saturated heterocycles. The van der Waals surface area contributed by atoms with Gasteiger partial charge in [-0.3, -0.25) is 0 Å². The van der Waals surface area contributed by atoms with Gasteiger partial charge in [-0.15, -0.1) is 0 Å². The summed E-state index contributed by atoms with van der Waals surface area (Å²) in [6, 6.07) is 9.02. The van der Waals surface area contributed by atoms with Gasteiger partial charge in [0.25, 0.3) is 0 Å². The quantitative estimate of drug-likeness (QED) is 0.870. The lowest BCUT2D eigenvalue weighted by atomic mass is 9.66. The molecule has 24 heavy (non-hydrogen) atoms. The molecule has 5 atom stereocenters. The molecular formula is C20H32N2O2. The fourth-order valence-corrected chi connectivity index (χ4v) is 5.45. The smallest absolute Gasteiger partial charge is 0.123 e. The number of aliphatic hydroxyl groups is 1. The van der Waals surface area contributed by atoms with Gasteiger partial charge >= 0.3 is 0 Å². The second-order valence-electron chi connectivity index (χ2n) is 8.18. The van der Waals surface area contributed by atoms with Crippen molar-refractivity contribution in [2.24, 2.45) is 11.3 Å². The van der Waals surface area contributed by atoms with Gasteiger partial charge in [0, 0.05) is 35.6 Å². The predicted molar refractivity (Wildman–Crippen MR) is 97.3 cm³/mol. The van der Waals surface area contributed by atoms with E-state index in [1.165, 1.54) is 0 Å². The molecule has 1 aromatic rings. The van der Waals surface area contributed by atoms with E-state index in [0.717, 1.165) is 30.7 Å². The van der Waals surface area contributed by atoms with Crippen LogP contribution in [0, 0.1) is 11.3 Å². The Balaban J connectivity index is 1.70. The molecule has 1 aliphatic heterocycles. The molecule has 4 nitrogen and oxygen atoms in total. The molecule has 1 spiro atoms. The largest absolute Gasteiger partial charge is 0.496 e. The Morgan fingerprint density at radius 2 is 1.96 bits per heavy atom. The molecule has 3 rings (SSSR count). The lowest BCUT2D eigenvalue weighted by Crippen LogP contribution is -2.64. The Labute approximate surface area is 146 Å². The van der Waals surface area contributed by atoms with Crippen molar-refractivity contribution in [3.05, 3.63) is 29.8 Å². The van der Waals surface area contributed by atoms with Gasteiger partial charge in [0.2, 0.25) is 0 Å². The minimum Gasteiger partial charge on any atom is -0.496 e. The maximum absolute atomic E-state index is 10.7. The lowest BCUT2D eigenvalue weighted by Gasteiger charge is -2.57. The third-order valence-corrected chi connectivity index (χ3v) is 6.07. The van der Waals surface area contributed by atoms with Gasteiger partial charge in [-0.2, -0.15) is 0 Å². The first-order valence-corrected chi connectivity index (χ1v) is 9.15. The van der Waals surface area contributed by atoms with Crippen molar-refractivity contribution in [1.29, 1.82) is 0 Å². The highest BCUT2D eigenvalue weighted by atomic mass is 16.5. The summed E-state index contributed by atoms with van der Waals surface area (Å²) in [6.07, 6.45) is 1.70. The first-order valence-electron chi connectivity index (χ1n) is 9.15.